The van der Waals surface area contributed by atoms with Crippen LogP contribution in [0.2, 0.25) is 0 Å². The molecule has 1 heterocycles. The smallest absolute Gasteiger partial charge is 0.315 e. The van der Waals surface area contributed by atoms with E-state index in [4.69, 9.17) is 0 Å². The quantitative estimate of drug-likeness (QED) is 0.721. The highest BCUT2D eigenvalue weighted by molar-refractivity contribution is 5.84. The minimum absolute atomic E-state index is 0.192. The molecule has 0 fully saturated rings. The largest absolute Gasteiger partial charge is 0.393 e. The molecule has 1 unspecified atom stereocenters. The maximum absolute atomic E-state index is 12.0. The number of anilines is 1. The molecule has 0 saturated carbocycles. The van der Waals surface area contributed by atoms with Crippen LogP contribution in [0.1, 0.15) is 25.8 Å². The molecule has 0 radical (unpaired) electrons. The van der Waals surface area contributed by atoms with Gasteiger partial charge in [0.05, 0.1) is 11.6 Å². The van der Waals surface area contributed by atoms with Crippen molar-refractivity contribution in [2.45, 2.75) is 32.9 Å². The second-order valence-corrected chi connectivity index (χ2v) is 6.76. The fourth-order valence-corrected chi connectivity index (χ4v) is 2.51. The fourth-order valence-electron chi connectivity index (χ4n) is 2.51. The van der Waals surface area contributed by atoms with Crippen molar-refractivity contribution in [1.29, 1.82) is 0 Å². The van der Waals surface area contributed by atoms with Gasteiger partial charge in [-0.05, 0) is 30.0 Å². The van der Waals surface area contributed by atoms with Gasteiger partial charge in [0.15, 0.2) is 0 Å². The number of rotatable bonds is 7. The Morgan fingerprint density at radius 1 is 1.24 bits per heavy atom. The maximum Gasteiger partial charge on any atom is 0.315 e. The van der Waals surface area contributed by atoms with Gasteiger partial charge in [0.1, 0.15) is 5.82 Å². The average Bonchev–Trinajstić information content (AvgIpc) is 2.59. The molecule has 0 saturated heterocycles. The van der Waals surface area contributed by atoms with Gasteiger partial charge in [-0.3, -0.25) is 0 Å². The van der Waals surface area contributed by atoms with Crippen molar-refractivity contribution >= 4 is 22.8 Å². The molecule has 0 aliphatic carbocycles. The summed E-state index contributed by atoms with van der Waals surface area (Å²) in [5.41, 5.74) is 1.93. The Morgan fingerprint density at radius 3 is 2.64 bits per heavy atom. The van der Waals surface area contributed by atoms with Gasteiger partial charge < -0.3 is 20.6 Å². The van der Waals surface area contributed by atoms with E-state index in [2.05, 4.69) is 15.6 Å². The van der Waals surface area contributed by atoms with Crippen LogP contribution < -0.4 is 15.5 Å². The molecule has 0 bridgehead atoms. The van der Waals surface area contributed by atoms with Gasteiger partial charge in [-0.1, -0.05) is 32.0 Å². The van der Waals surface area contributed by atoms with Gasteiger partial charge in [-0.15, -0.1) is 0 Å². The van der Waals surface area contributed by atoms with Gasteiger partial charge in [0.25, 0.3) is 0 Å². The van der Waals surface area contributed by atoms with Crippen molar-refractivity contribution in [2.75, 3.05) is 25.5 Å². The number of nitrogens with one attached hydrogen (secondary N) is 2. The highest BCUT2D eigenvalue weighted by Gasteiger charge is 2.11. The number of nitrogens with zero attached hydrogens (tertiary/aromatic N) is 2. The lowest BCUT2D eigenvalue weighted by Crippen LogP contribution is -2.37. The Balaban J connectivity index is 1.99. The van der Waals surface area contributed by atoms with E-state index in [1.807, 2.05) is 63.2 Å². The standard InChI is InChI=1S/C19H28N4O2/c1-13(2)17(24)9-10-20-19(25)21-12-14-11-18(23(3)4)22-16-8-6-5-7-15(14)16/h5-8,11,13,17,24H,9-10,12H2,1-4H3,(H2,20,21,25). The van der Waals surface area contributed by atoms with Gasteiger partial charge in [0, 0.05) is 32.6 Å². The number of aliphatic hydroxyl groups excluding tert-OH is 1. The van der Waals surface area contributed by atoms with E-state index < -0.39 is 6.10 Å². The van der Waals surface area contributed by atoms with Crippen molar-refractivity contribution in [1.82, 2.24) is 15.6 Å². The average molecular weight is 344 g/mol. The van der Waals surface area contributed by atoms with Crippen molar-refractivity contribution in [2.24, 2.45) is 5.92 Å². The second-order valence-electron chi connectivity index (χ2n) is 6.76. The van der Waals surface area contributed by atoms with Crippen molar-refractivity contribution in [3.8, 4) is 0 Å². The van der Waals surface area contributed by atoms with Gasteiger partial charge >= 0.3 is 6.03 Å². The maximum atomic E-state index is 12.0. The number of fused-ring (bicyclic) bond motifs is 1. The number of carbonyl (C=O) groups is 1. The normalized spacial score (nSPS) is 12.2. The number of carbonyl (C=O) groups excluding carboxylic acids is 1. The summed E-state index contributed by atoms with van der Waals surface area (Å²) in [6.07, 6.45) is 0.153. The summed E-state index contributed by atoms with van der Waals surface area (Å²) >= 11 is 0. The van der Waals surface area contributed by atoms with E-state index >= 15 is 0 Å². The molecule has 1 aromatic carbocycles. The van der Waals surface area contributed by atoms with Crippen molar-refractivity contribution in [3.63, 3.8) is 0 Å². The highest BCUT2D eigenvalue weighted by Crippen LogP contribution is 2.21. The van der Waals surface area contributed by atoms with E-state index in [1.54, 1.807) is 0 Å². The van der Waals surface area contributed by atoms with Gasteiger partial charge in [-0.25, -0.2) is 9.78 Å². The predicted molar refractivity (Wildman–Crippen MR) is 102 cm³/mol. The van der Waals surface area contributed by atoms with E-state index in [9.17, 15) is 9.90 Å². The molecule has 6 heteroatoms. The first kappa shape index (κ1) is 19.0. The summed E-state index contributed by atoms with van der Waals surface area (Å²) in [5, 5.41) is 16.5. The van der Waals surface area contributed by atoms with Crippen molar-refractivity contribution < 1.29 is 9.90 Å². The lowest BCUT2D eigenvalue weighted by molar-refractivity contribution is 0.116. The van der Waals surface area contributed by atoms with Crippen LogP contribution >= 0.6 is 0 Å². The topological polar surface area (TPSA) is 77.5 Å². The third-order valence-corrected chi connectivity index (χ3v) is 4.18. The number of hydrogen-bond donors (Lipinski definition) is 3. The number of aliphatic hydroxyl groups is 1. The van der Waals surface area contributed by atoms with Crippen LogP contribution in [0, 0.1) is 5.92 Å². The first-order chi connectivity index (χ1) is 11.9. The first-order valence-corrected chi connectivity index (χ1v) is 8.64. The molecule has 2 rings (SSSR count). The summed E-state index contributed by atoms with van der Waals surface area (Å²) in [4.78, 5) is 18.6. The lowest BCUT2D eigenvalue weighted by atomic mass is 10.0. The van der Waals surface area contributed by atoms with E-state index in [0.29, 0.717) is 19.5 Å². The summed E-state index contributed by atoms with van der Waals surface area (Å²) < 4.78 is 0. The highest BCUT2D eigenvalue weighted by atomic mass is 16.3. The fraction of sp³-hybridized carbons (Fsp3) is 0.474. The zero-order valence-electron chi connectivity index (χ0n) is 15.4. The number of urea groups is 1. The van der Waals surface area contributed by atoms with Crippen LogP contribution in [-0.2, 0) is 6.54 Å². The lowest BCUT2D eigenvalue weighted by Gasteiger charge is -2.16. The third-order valence-electron chi connectivity index (χ3n) is 4.18. The summed E-state index contributed by atoms with van der Waals surface area (Å²) in [5.74, 6) is 1.05. The summed E-state index contributed by atoms with van der Waals surface area (Å²) in [6, 6.07) is 9.66. The van der Waals surface area contributed by atoms with Crippen molar-refractivity contribution in [3.05, 3.63) is 35.9 Å². The van der Waals surface area contributed by atoms with Crippen LogP contribution in [0.5, 0.6) is 0 Å². The minimum Gasteiger partial charge on any atom is -0.393 e. The zero-order valence-corrected chi connectivity index (χ0v) is 15.4. The Kier molecular flexibility index (Phi) is 6.58. The zero-order chi connectivity index (χ0) is 18.4. The number of amides is 2. The third kappa shape index (κ3) is 5.32. The Hall–Kier alpha value is -2.34. The SMILES string of the molecule is CC(C)C(O)CCNC(=O)NCc1cc(N(C)C)nc2ccccc12. The molecule has 3 N–H and O–H groups in total. The Morgan fingerprint density at radius 2 is 1.96 bits per heavy atom. The molecule has 2 amide bonds. The molecule has 1 aromatic heterocycles. The van der Waals surface area contributed by atoms with Gasteiger partial charge in [-0.2, -0.15) is 0 Å². The van der Waals surface area contributed by atoms with E-state index in [-0.39, 0.29) is 11.9 Å². The molecular weight excluding hydrogens is 316 g/mol. The summed E-state index contributed by atoms with van der Waals surface area (Å²) in [7, 11) is 3.89. The Bertz CT molecular complexity index is 716. The summed E-state index contributed by atoms with van der Waals surface area (Å²) in [6.45, 7) is 4.79. The molecule has 0 aliphatic heterocycles. The monoisotopic (exact) mass is 344 g/mol. The number of aromatic nitrogens is 1. The molecule has 25 heavy (non-hydrogen) atoms. The van der Waals surface area contributed by atoms with E-state index in [0.717, 1.165) is 22.3 Å². The second kappa shape index (κ2) is 8.67. The predicted octanol–water partition coefficient (Wildman–Crippen LogP) is 2.51. The van der Waals surface area contributed by atoms with Crippen LogP contribution in [0.15, 0.2) is 30.3 Å². The van der Waals surface area contributed by atoms with Crippen LogP contribution in [0.25, 0.3) is 10.9 Å². The molecule has 136 valence electrons. The number of hydrogen-bond acceptors (Lipinski definition) is 4. The van der Waals surface area contributed by atoms with Crippen LogP contribution in [0.3, 0.4) is 0 Å². The van der Waals surface area contributed by atoms with Gasteiger partial charge in [0.2, 0.25) is 0 Å². The number of para-hydroxylation sites is 1. The number of benzene rings is 1. The molecule has 0 aliphatic rings. The number of pyridine rings is 1. The van der Waals surface area contributed by atoms with Crippen LogP contribution in [0.4, 0.5) is 10.6 Å². The first-order valence-electron chi connectivity index (χ1n) is 8.64. The molecule has 1 atom stereocenters. The molecule has 0 spiro atoms. The van der Waals surface area contributed by atoms with E-state index in [1.165, 1.54) is 0 Å². The molecule has 6 nitrogen and oxygen atoms in total. The molecular formula is C19H28N4O2. The van der Waals surface area contributed by atoms with Crippen LogP contribution in [-0.4, -0.2) is 42.9 Å². The minimum atomic E-state index is -0.396. The molecule has 2 aromatic rings. The Labute approximate surface area is 149 Å².